The molecule has 1 atom stereocenters. The summed E-state index contributed by atoms with van der Waals surface area (Å²) in [6.45, 7) is 0.192. The Morgan fingerprint density at radius 1 is 0.684 bits per heavy atom. The second-order valence-electron chi connectivity index (χ2n) is 8.24. The van der Waals surface area contributed by atoms with Gasteiger partial charge in [-0.1, -0.05) is 0 Å². The summed E-state index contributed by atoms with van der Waals surface area (Å²) in [7, 11) is 0. The molecule has 0 saturated heterocycles. The van der Waals surface area contributed by atoms with Crippen LogP contribution < -0.4 is 0 Å². The summed E-state index contributed by atoms with van der Waals surface area (Å²) in [4.78, 5) is 0. The zero-order valence-corrected chi connectivity index (χ0v) is 18.4. The lowest BCUT2D eigenvalue weighted by molar-refractivity contribution is -0.376. The van der Waals surface area contributed by atoms with Crippen molar-refractivity contribution in [3.8, 4) is 5.75 Å². The van der Waals surface area contributed by atoms with Crippen LogP contribution in [0.15, 0.2) is 18.2 Å². The van der Waals surface area contributed by atoms with Crippen LogP contribution in [0.3, 0.4) is 0 Å². The Hall–Kier alpha value is -2.41. The monoisotopic (exact) mass is 592 g/mol. The fourth-order valence-corrected chi connectivity index (χ4v) is 3.00. The van der Waals surface area contributed by atoms with E-state index in [9.17, 15) is 86.3 Å². The number of aromatic hydroxyl groups is 1. The largest absolute Gasteiger partial charge is 0.507 e. The second-order valence-corrected chi connectivity index (χ2v) is 8.24. The second kappa shape index (κ2) is 9.35. The first-order valence-corrected chi connectivity index (χ1v) is 9.42. The molecule has 0 heterocycles. The number of aryl methyl sites for hydroxylation is 1. The Morgan fingerprint density at radius 3 is 1.39 bits per heavy atom. The molecule has 4 N–H and O–H groups in total. The smallest absolute Gasteiger partial charge is 0.430 e. The van der Waals surface area contributed by atoms with Gasteiger partial charge >= 0.3 is 30.9 Å². The normalized spacial score (nSPS) is 17.0. The van der Waals surface area contributed by atoms with E-state index in [1.165, 1.54) is 0 Å². The predicted molar refractivity (Wildman–Crippen MR) is 95.2 cm³/mol. The Morgan fingerprint density at radius 2 is 1.08 bits per heavy atom. The van der Waals surface area contributed by atoms with Crippen LogP contribution in [0.1, 0.15) is 30.0 Å². The molecule has 1 unspecified atom stereocenters. The van der Waals surface area contributed by atoms with E-state index in [0.29, 0.717) is 6.92 Å². The maximum Gasteiger partial charge on any atom is 0.430 e. The summed E-state index contributed by atoms with van der Waals surface area (Å²) in [6, 6.07) is -0.605. The highest BCUT2D eigenvalue weighted by atomic mass is 19.4. The maximum atomic E-state index is 13.3. The molecule has 0 fully saturated rings. The molecule has 38 heavy (non-hydrogen) atoms. The lowest BCUT2D eigenvalue weighted by atomic mass is 9.82. The van der Waals surface area contributed by atoms with E-state index in [-0.39, 0.29) is 13.0 Å². The van der Waals surface area contributed by atoms with E-state index < -0.39 is 94.3 Å². The molecule has 0 aliphatic carbocycles. The van der Waals surface area contributed by atoms with E-state index >= 15 is 0 Å². The molecule has 0 bridgehead atoms. The number of rotatable bonds is 5. The van der Waals surface area contributed by atoms with Crippen LogP contribution in [0.5, 0.6) is 5.75 Å². The highest BCUT2D eigenvalue weighted by molar-refractivity contribution is 5.71. The molecule has 1 aromatic carbocycles. The van der Waals surface area contributed by atoms with Crippen LogP contribution in [-0.2, 0) is 5.60 Å². The number of halogens is 15. The third-order valence-corrected chi connectivity index (χ3v) is 5.29. The molecule has 0 aliphatic rings. The third kappa shape index (κ3) is 5.78. The zero-order valence-electron chi connectivity index (χ0n) is 18.4. The van der Waals surface area contributed by atoms with Crippen LogP contribution in [0.2, 0.25) is 0 Å². The molecule has 1 rings (SSSR count). The quantitative estimate of drug-likeness (QED) is 0.319. The predicted octanol–water partition coefficient (Wildman–Crippen LogP) is 5.96. The summed E-state index contributed by atoms with van der Waals surface area (Å²) >= 11 is 0. The van der Waals surface area contributed by atoms with Gasteiger partial charge < -0.3 is 20.4 Å². The zero-order chi connectivity index (χ0) is 30.7. The number of hydrogen-bond donors (Lipinski definition) is 4. The molecular weight excluding hydrogens is 577 g/mol. The van der Waals surface area contributed by atoms with Crippen LogP contribution in [-0.4, -0.2) is 62.5 Å². The van der Waals surface area contributed by atoms with Gasteiger partial charge in [-0.25, -0.2) is 0 Å². The number of aliphatic hydroxyl groups is 3. The van der Waals surface area contributed by atoms with Gasteiger partial charge in [0.15, 0.2) is 5.60 Å². The Bertz CT molecular complexity index is 1030. The summed E-state index contributed by atoms with van der Waals surface area (Å²) in [6.07, 6.45) is -36.7. The van der Waals surface area contributed by atoms with E-state index in [0.717, 1.165) is 0 Å². The summed E-state index contributed by atoms with van der Waals surface area (Å²) in [5.74, 6) is -2.03. The molecule has 0 aromatic heterocycles. The Kier molecular flexibility index (Phi) is 8.28. The average Bonchev–Trinajstić information content (AvgIpc) is 2.64. The fraction of sp³-hybridized carbons (Fsp3) is 0.579. The van der Waals surface area contributed by atoms with Crippen molar-refractivity contribution in [3.63, 3.8) is 0 Å². The van der Waals surface area contributed by atoms with Gasteiger partial charge in [0.2, 0.25) is 0 Å². The van der Waals surface area contributed by atoms with Crippen molar-refractivity contribution in [2.45, 2.75) is 68.0 Å². The van der Waals surface area contributed by atoms with Crippen molar-refractivity contribution in [1.82, 2.24) is 0 Å². The first kappa shape index (κ1) is 33.6. The van der Waals surface area contributed by atoms with Gasteiger partial charge in [0, 0.05) is 12.0 Å². The Labute approximate surface area is 201 Å². The highest BCUT2D eigenvalue weighted by Crippen LogP contribution is 2.54. The number of phenols is 1. The van der Waals surface area contributed by atoms with E-state index in [1.807, 2.05) is 0 Å². The van der Waals surface area contributed by atoms with Crippen LogP contribution in [0.25, 0.3) is 5.57 Å². The molecule has 19 heteroatoms. The topological polar surface area (TPSA) is 80.9 Å². The minimum Gasteiger partial charge on any atom is -0.507 e. The molecule has 4 nitrogen and oxygen atoms in total. The van der Waals surface area contributed by atoms with Gasteiger partial charge in [0.25, 0.3) is 11.2 Å². The van der Waals surface area contributed by atoms with Gasteiger partial charge in [-0.2, -0.15) is 65.9 Å². The van der Waals surface area contributed by atoms with Crippen molar-refractivity contribution in [2.75, 3.05) is 0 Å². The molecule has 0 saturated carbocycles. The van der Waals surface area contributed by atoms with Crippen molar-refractivity contribution in [1.29, 1.82) is 0 Å². The Balaban J connectivity index is 4.25. The summed E-state index contributed by atoms with van der Waals surface area (Å²) < 4.78 is 199. The molecule has 1 aromatic rings. The minimum atomic E-state index is -6.76. The van der Waals surface area contributed by atoms with Gasteiger partial charge in [0.05, 0.1) is 0 Å². The standard InChI is InChI=1S/C19H15F15O4/c1-7-3-8(4-10(11(7)35)14(38,18(29,30)31)19(32,33)34)9(5-12(2,36)15(20,21)22)6-13(37,16(23,24)25)17(26,27)28/h3-5,35-38H,6H2,1-2H3/b9-5+. The lowest BCUT2D eigenvalue weighted by Crippen LogP contribution is -2.57. The van der Waals surface area contributed by atoms with Gasteiger partial charge in [-0.3, -0.25) is 0 Å². The van der Waals surface area contributed by atoms with Gasteiger partial charge in [-0.15, -0.1) is 0 Å². The van der Waals surface area contributed by atoms with Gasteiger partial charge in [0.1, 0.15) is 5.75 Å². The van der Waals surface area contributed by atoms with E-state index in [1.54, 1.807) is 0 Å². The summed E-state index contributed by atoms with van der Waals surface area (Å²) in [5, 5.41) is 38.4. The van der Waals surface area contributed by atoms with Crippen LogP contribution in [0, 0.1) is 6.92 Å². The van der Waals surface area contributed by atoms with Crippen molar-refractivity contribution < 1.29 is 86.3 Å². The first-order valence-electron chi connectivity index (χ1n) is 9.42. The lowest BCUT2D eigenvalue weighted by Gasteiger charge is -2.35. The van der Waals surface area contributed by atoms with E-state index in [4.69, 9.17) is 0 Å². The molecular formula is C19H15F15O4. The molecule has 0 radical (unpaired) electrons. The first-order chi connectivity index (χ1) is 16.3. The van der Waals surface area contributed by atoms with Crippen molar-refractivity contribution in [2.24, 2.45) is 0 Å². The highest BCUT2D eigenvalue weighted by Gasteiger charge is 2.73. The molecule has 0 spiro atoms. The molecule has 220 valence electrons. The van der Waals surface area contributed by atoms with Gasteiger partial charge in [-0.05, 0) is 48.8 Å². The minimum absolute atomic E-state index is 0.0669. The fourth-order valence-electron chi connectivity index (χ4n) is 3.00. The molecule has 0 amide bonds. The number of benzene rings is 1. The van der Waals surface area contributed by atoms with E-state index in [2.05, 4.69) is 0 Å². The maximum absolute atomic E-state index is 13.3. The SMILES string of the molecule is Cc1cc(/C(=C/C(C)(O)C(F)(F)F)CC(O)(C(F)(F)F)C(F)(F)F)cc(C(O)(C(F)(F)F)C(F)(F)F)c1O. The summed E-state index contributed by atoms with van der Waals surface area (Å²) in [5.41, 5.74) is -24.0. The van der Waals surface area contributed by atoms with Crippen molar-refractivity contribution in [3.05, 3.63) is 34.9 Å². The third-order valence-electron chi connectivity index (χ3n) is 5.29. The number of phenolic OH excluding ortho intramolecular Hbond substituents is 1. The average molecular weight is 592 g/mol. The van der Waals surface area contributed by atoms with Crippen LogP contribution >= 0.6 is 0 Å². The number of hydrogen-bond acceptors (Lipinski definition) is 4. The molecule has 0 aliphatic heterocycles. The van der Waals surface area contributed by atoms with Crippen molar-refractivity contribution >= 4 is 5.57 Å². The number of alkyl halides is 15. The van der Waals surface area contributed by atoms with Crippen LogP contribution in [0.4, 0.5) is 65.9 Å².